The number of rotatable bonds is 2. The molecule has 0 fully saturated rings. The van der Waals surface area contributed by atoms with Crippen molar-refractivity contribution in [3.63, 3.8) is 0 Å². The molecule has 0 atom stereocenters. The quantitative estimate of drug-likeness (QED) is 0.139. The van der Waals surface area contributed by atoms with Crippen molar-refractivity contribution in [2.45, 2.75) is 13.1 Å². The van der Waals surface area contributed by atoms with Gasteiger partial charge in [-0.1, -0.05) is 109 Å². The van der Waals surface area contributed by atoms with Gasteiger partial charge in [0, 0.05) is 36.1 Å². The van der Waals surface area contributed by atoms with Crippen molar-refractivity contribution in [2.75, 3.05) is 10.2 Å². The number of hydrogen-bond donors (Lipinski definition) is 1. The van der Waals surface area contributed by atoms with Crippen LogP contribution in [0.15, 0.2) is 146 Å². The van der Waals surface area contributed by atoms with E-state index in [2.05, 4.69) is 117 Å². The van der Waals surface area contributed by atoms with E-state index >= 15 is 0 Å². The zero-order valence-electron chi connectivity index (χ0n) is 25.2. The van der Waals surface area contributed by atoms with Crippen LogP contribution in [0.1, 0.15) is 31.8 Å². The molecule has 0 aromatic heterocycles. The van der Waals surface area contributed by atoms with Gasteiger partial charge < -0.3 is 10.2 Å². The van der Waals surface area contributed by atoms with E-state index in [1.807, 2.05) is 71.6 Å². The molecule has 1 amide bonds. The van der Waals surface area contributed by atoms with Crippen molar-refractivity contribution >= 4 is 79.3 Å². The lowest BCUT2D eigenvalue weighted by atomic mass is 9.93. The second-order valence-corrected chi connectivity index (χ2v) is 13.5. The van der Waals surface area contributed by atoms with E-state index in [4.69, 9.17) is 11.6 Å². The highest BCUT2D eigenvalue weighted by Gasteiger charge is 2.27. The molecule has 0 bridgehead atoms. The molecule has 1 N–H and O–H groups in total. The Labute approximate surface area is 307 Å². The normalized spacial score (nSPS) is 11.9. The number of carbonyl (C=O) groups excluding carboxylic acids is 2. The molecule has 47 heavy (non-hydrogen) atoms. The number of carbonyl (C=O) groups is 2. The molecule has 8 rings (SSSR count). The van der Waals surface area contributed by atoms with Gasteiger partial charge in [0.25, 0.3) is 11.1 Å². The lowest BCUT2D eigenvalue weighted by Gasteiger charge is -2.31. The van der Waals surface area contributed by atoms with Crippen LogP contribution < -0.4 is 10.2 Å². The van der Waals surface area contributed by atoms with Gasteiger partial charge in [0.1, 0.15) is 0 Å². The lowest BCUT2D eigenvalue weighted by molar-refractivity contribution is 0.0983. The Morgan fingerprint density at radius 3 is 1.68 bits per heavy atom. The minimum absolute atomic E-state index is 0.0527. The fraction of sp³-hybridized carbons (Fsp3) is 0.0500. The number of anilines is 2. The highest BCUT2D eigenvalue weighted by atomic mass is 127. The number of amides is 1. The molecule has 7 heteroatoms. The Bertz CT molecular complexity index is 2030. The standard InChI is InChI=1S/C20H14INO.C13H11N.C7H4ClIO/c21-18-11-5-3-10-17(18)20(23)22-13-14-7-1-2-8-15(14)16-9-4-6-12-19(16)22;1-2-6-11-10(5-1)9-14-13-8-4-3-7-12(11)13;8-7(10)5-3-1-2-4-6(5)9/h1-12H,13H2;1-8,14H,9H2;1-4H. The fourth-order valence-corrected chi connectivity index (χ4v) is 7.27. The number of hydrogen-bond acceptors (Lipinski definition) is 3. The Balaban J connectivity index is 0.000000137. The summed E-state index contributed by atoms with van der Waals surface area (Å²) in [4.78, 5) is 25.6. The van der Waals surface area contributed by atoms with Gasteiger partial charge in [-0.05, 0) is 115 Å². The third-order valence-electron chi connectivity index (χ3n) is 7.97. The molecule has 0 unspecified atom stereocenters. The van der Waals surface area contributed by atoms with Gasteiger partial charge in [-0.25, -0.2) is 0 Å². The first-order chi connectivity index (χ1) is 22.9. The van der Waals surface area contributed by atoms with Crippen LogP contribution in [0.2, 0.25) is 0 Å². The molecule has 232 valence electrons. The summed E-state index contributed by atoms with van der Waals surface area (Å²) in [7, 11) is 0. The summed E-state index contributed by atoms with van der Waals surface area (Å²) >= 11 is 9.56. The van der Waals surface area contributed by atoms with Crippen molar-refractivity contribution in [3.8, 4) is 22.3 Å². The van der Waals surface area contributed by atoms with E-state index in [0.29, 0.717) is 12.1 Å². The highest BCUT2D eigenvalue weighted by molar-refractivity contribution is 14.1. The molecule has 0 saturated carbocycles. The van der Waals surface area contributed by atoms with Gasteiger partial charge in [0.05, 0.1) is 17.8 Å². The summed E-state index contributed by atoms with van der Waals surface area (Å²) in [5.41, 5.74) is 11.1. The molecule has 2 heterocycles. The summed E-state index contributed by atoms with van der Waals surface area (Å²) in [5, 5.41) is 3.02. The number of halogens is 3. The van der Waals surface area contributed by atoms with Crippen LogP contribution in [-0.2, 0) is 13.1 Å². The van der Waals surface area contributed by atoms with Gasteiger partial charge >= 0.3 is 0 Å². The topological polar surface area (TPSA) is 49.4 Å². The molecule has 0 aliphatic carbocycles. The van der Waals surface area contributed by atoms with Gasteiger partial charge in [0.2, 0.25) is 0 Å². The average molecular weight is 859 g/mol. The van der Waals surface area contributed by atoms with Gasteiger partial charge in [-0.15, -0.1) is 0 Å². The Morgan fingerprint density at radius 1 is 0.553 bits per heavy atom. The minimum atomic E-state index is -0.398. The molecule has 2 aliphatic heterocycles. The second-order valence-electron chi connectivity index (χ2n) is 10.9. The fourth-order valence-electron chi connectivity index (χ4n) is 5.69. The molecular formula is C40H29ClI2N2O2. The molecule has 0 radical (unpaired) electrons. The van der Waals surface area contributed by atoms with Crippen LogP contribution in [0.5, 0.6) is 0 Å². The summed E-state index contributed by atoms with van der Waals surface area (Å²) in [6.07, 6.45) is 0. The van der Waals surface area contributed by atoms with Crippen molar-refractivity contribution in [3.05, 3.63) is 175 Å². The SMILES string of the molecule is O=C(Cl)c1ccccc1I.O=C(c1ccccc1I)N1Cc2ccccc2-c2ccccc21.c1ccc2c(c1)CNc1ccccc1-2. The minimum Gasteiger partial charge on any atom is -0.380 e. The zero-order valence-corrected chi connectivity index (χ0v) is 30.2. The van der Waals surface area contributed by atoms with E-state index in [9.17, 15) is 9.59 Å². The van der Waals surface area contributed by atoms with Crippen LogP contribution in [-0.4, -0.2) is 11.1 Å². The summed E-state index contributed by atoms with van der Waals surface area (Å²) < 4.78 is 1.87. The molecular weight excluding hydrogens is 830 g/mol. The molecule has 2 aliphatic rings. The van der Waals surface area contributed by atoms with Crippen LogP contribution in [0.4, 0.5) is 11.4 Å². The van der Waals surface area contributed by atoms with E-state index in [0.717, 1.165) is 30.5 Å². The maximum absolute atomic E-state index is 13.1. The Morgan fingerprint density at radius 2 is 1.04 bits per heavy atom. The largest absolute Gasteiger partial charge is 0.380 e. The van der Waals surface area contributed by atoms with Crippen LogP contribution in [0, 0.1) is 7.14 Å². The highest BCUT2D eigenvalue weighted by Crippen LogP contribution is 2.39. The summed E-state index contributed by atoms with van der Waals surface area (Å²) in [6.45, 7) is 1.55. The summed E-state index contributed by atoms with van der Waals surface area (Å²) in [6, 6.07) is 48.4. The number of para-hydroxylation sites is 2. The molecule has 6 aromatic carbocycles. The van der Waals surface area contributed by atoms with Crippen molar-refractivity contribution in [2.24, 2.45) is 0 Å². The van der Waals surface area contributed by atoms with E-state index in [1.165, 1.54) is 33.5 Å². The first-order valence-corrected chi connectivity index (χ1v) is 17.5. The van der Waals surface area contributed by atoms with Gasteiger partial charge in [-0.3, -0.25) is 9.59 Å². The predicted octanol–water partition coefficient (Wildman–Crippen LogP) is 11.1. The van der Waals surface area contributed by atoms with Crippen LogP contribution in [0.3, 0.4) is 0 Å². The number of nitrogens with one attached hydrogen (secondary N) is 1. The zero-order chi connectivity index (χ0) is 32.8. The van der Waals surface area contributed by atoms with Crippen LogP contribution >= 0.6 is 56.8 Å². The molecule has 6 aromatic rings. The van der Waals surface area contributed by atoms with E-state index < -0.39 is 5.24 Å². The lowest BCUT2D eigenvalue weighted by Crippen LogP contribution is -2.33. The van der Waals surface area contributed by atoms with Crippen molar-refractivity contribution < 1.29 is 9.59 Å². The van der Waals surface area contributed by atoms with Crippen molar-refractivity contribution in [1.82, 2.24) is 0 Å². The molecule has 4 nitrogen and oxygen atoms in total. The first-order valence-electron chi connectivity index (χ1n) is 15.0. The maximum atomic E-state index is 13.1. The monoisotopic (exact) mass is 858 g/mol. The van der Waals surface area contributed by atoms with Gasteiger partial charge in [-0.2, -0.15) is 0 Å². The second kappa shape index (κ2) is 15.3. The smallest absolute Gasteiger partial charge is 0.259 e. The van der Waals surface area contributed by atoms with Gasteiger partial charge in [0.15, 0.2) is 0 Å². The number of fused-ring (bicyclic) bond motifs is 6. The average Bonchev–Trinajstić information content (AvgIpc) is 3.12. The number of nitrogens with zero attached hydrogens (tertiary/aromatic N) is 1. The summed E-state index contributed by atoms with van der Waals surface area (Å²) in [5.74, 6) is 0.0527. The predicted molar refractivity (Wildman–Crippen MR) is 210 cm³/mol. The molecule has 0 saturated heterocycles. The maximum Gasteiger partial charge on any atom is 0.259 e. The van der Waals surface area contributed by atoms with Crippen molar-refractivity contribution in [1.29, 1.82) is 0 Å². The third-order valence-corrected chi connectivity index (χ3v) is 10.1. The first kappa shape index (κ1) is 32.9. The van der Waals surface area contributed by atoms with Crippen LogP contribution in [0.25, 0.3) is 22.3 Å². The molecule has 0 spiro atoms. The van der Waals surface area contributed by atoms with E-state index in [-0.39, 0.29) is 5.91 Å². The Hall–Kier alpha value is -3.99. The van der Waals surface area contributed by atoms with E-state index in [1.54, 1.807) is 12.1 Å². The third kappa shape index (κ3) is 7.45. The number of benzene rings is 6. The Kier molecular flexibility index (Phi) is 10.7.